The second-order valence-corrected chi connectivity index (χ2v) is 6.29. The van der Waals surface area contributed by atoms with Crippen molar-refractivity contribution < 1.29 is 0 Å². The lowest BCUT2D eigenvalue weighted by Crippen LogP contribution is -2.04. The molecule has 3 aromatic rings. The number of benzene rings is 1. The van der Waals surface area contributed by atoms with Crippen molar-refractivity contribution in [2.24, 2.45) is 0 Å². The standard InChI is InChI=1S/C15H17N3S/c1-9-5-4-6-13-14(9)18(15(16)17-13)8-12-7-10(2)11(3)19-12/h4-7H,8H2,1-3H3,(H2,16,17). The quantitative estimate of drug-likeness (QED) is 0.773. The number of aromatic nitrogens is 2. The van der Waals surface area contributed by atoms with Gasteiger partial charge in [-0.3, -0.25) is 0 Å². The molecule has 0 atom stereocenters. The number of aryl methyl sites for hydroxylation is 3. The first-order valence-corrected chi connectivity index (χ1v) is 7.15. The highest BCUT2D eigenvalue weighted by molar-refractivity contribution is 7.12. The highest BCUT2D eigenvalue weighted by Crippen LogP contribution is 2.26. The van der Waals surface area contributed by atoms with Crippen LogP contribution in [0.15, 0.2) is 24.3 Å². The number of nitrogens with zero attached hydrogens (tertiary/aromatic N) is 2. The van der Waals surface area contributed by atoms with Crippen LogP contribution in [0.5, 0.6) is 0 Å². The SMILES string of the molecule is Cc1cc(Cn2c(N)nc3cccc(C)c32)sc1C. The van der Waals surface area contributed by atoms with Crippen LogP contribution in [-0.2, 0) is 6.54 Å². The van der Waals surface area contributed by atoms with E-state index in [0.29, 0.717) is 5.95 Å². The molecule has 0 aliphatic heterocycles. The van der Waals surface area contributed by atoms with Crippen molar-refractivity contribution in [3.8, 4) is 0 Å². The van der Waals surface area contributed by atoms with Crippen LogP contribution in [0.4, 0.5) is 5.95 Å². The second-order valence-electron chi connectivity index (χ2n) is 4.95. The van der Waals surface area contributed by atoms with E-state index in [1.807, 2.05) is 23.5 Å². The molecule has 98 valence electrons. The molecule has 0 unspecified atom stereocenters. The highest BCUT2D eigenvalue weighted by atomic mass is 32.1. The Morgan fingerprint density at radius 3 is 2.68 bits per heavy atom. The van der Waals surface area contributed by atoms with Crippen molar-refractivity contribution in [1.82, 2.24) is 9.55 Å². The molecule has 0 radical (unpaired) electrons. The van der Waals surface area contributed by atoms with Crippen LogP contribution in [0.1, 0.15) is 20.9 Å². The minimum atomic E-state index is 0.591. The average Bonchev–Trinajstić information content (AvgIpc) is 2.82. The molecule has 0 aliphatic carbocycles. The molecule has 2 aromatic heterocycles. The monoisotopic (exact) mass is 271 g/mol. The molecule has 2 heterocycles. The van der Waals surface area contributed by atoms with Crippen molar-refractivity contribution in [2.45, 2.75) is 27.3 Å². The van der Waals surface area contributed by atoms with Crippen LogP contribution in [0.25, 0.3) is 11.0 Å². The van der Waals surface area contributed by atoms with E-state index in [0.717, 1.165) is 17.6 Å². The highest BCUT2D eigenvalue weighted by Gasteiger charge is 2.11. The van der Waals surface area contributed by atoms with Gasteiger partial charge in [0.05, 0.1) is 17.6 Å². The van der Waals surface area contributed by atoms with Crippen LogP contribution in [0, 0.1) is 20.8 Å². The van der Waals surface area contributed by atoms with Crippen molar-refractivity contribution in [2.75, 3.05) is 5.73 Å². The number of hydrogen-bond donors (Lipinski definition) is 1. The van der Waals surface area contributed by atoms with E-state index in [2.05, 4.69) is 42.5 Å². The molecule has 0 saturated carbocycles. The largest absolute Gasteiger partial charge is 0.369 e. The first kappa shape index (κ1) is 12.2. The first-order chi connectivity index (χ1) is 9.06. The Kier molecular flexibility index (Phi) is 2.82. The van der Waals surface area contributed by atoms with Crippen molar-refractivity contribution in [3.05, 3.63) is 45.1 Å². The van der Waals surface area contributed by atoms with E-state index in [-0.39, 0.29) is 0 Å². The number of nitrogen functional groups attached to an aromatic ring is 1. The summed E-state index contributed by atoms with van der Waals surface area (Å²) < 4.78 is 2.11. The molecule has 1 aromatic carbocycles. The number of hydrogen-bond acceptors (Lipinski definition) is 3. The average molecular weight is 271 g/mol. The summed E-state index contributed by atoms with van der Waals surface area (Å²) in [7, 11) is 0. The van der Waals surface area contributed by atoms with E-state index < -0.39 is 0 Å². The van der Waals surface area contributed by atoms with Gasteiger partial charge in [-0.1, -0.05) is 12.1 Å². The fourth-order valence-electron chi connectivity index (χ4n) is 2.43. The molecule has 0 aliphatic rings. The van der Waals surface area contributed by atoms with Gasteiger partial charge in [0.2, 0.25) is 5.95 Å². The number of para-hydroxylation sites is 1. The van der Waals surface area contributed by atoms with Crippen LogP contribution >= 0.6 is 11.3 Å². The minimum absolute atomic E-state index is 0.591. The van der Waals surface area contributed by atoms with Gasteiger partial charge >= 0.3 is 0 Å². The summed E-state index contributed by atoms with van der Waals surface area (Å²) >= 11 is 1.83. The normalized spacial score (nSPS) is 11.3. The van der Waals surface area contributed by atoms with Gasteiger partial charge in [-0.2, -0.15) is 0 Å². The molecule has 0 spiro atoms. The Bertz CT molecular complexity index is 733. The van der Waals surface area contributed by atoms with Gasteiger partial charge in [-0.25, -0.2) is 4.98 Å². The molecule has 3 nitrogen and oxygen atoms in total. The van der Waals surface area contributed by atoms with Gasteiger partial charge in [-0.05, 0) is 44.0 Å². The van der Waals surface area contributed by atoms with Gasteiger partial charge in [0.15, 0.2) is 0 Å². The molecule has 0 bridgehead atoms. The van der Waals surface area contributed by atoms with Gasteiger partial charge in [0.25, 0.3) is 0 Å². The summed E-state index contributed by atoms with van der Waals surface area (Å²) in [6.45, 7) is 7.21. The summed E-state index contributed by atoms with van der Waals surface area (Å²) in [4.78, 5) is 7.14. The third-order valence-corrected chi connectivity index (χ3v) is 4.67. The van der Waals surface area contributed by atoms with Crippen LogP contribution in [0.2, 0.25) is 0 Å². The number of fused-ring (bicyclic) bond motifs is 1. The van der Waals surface area contributed by atoms with E-state index >= 15 is 0 Å². The first-order valence-electron chi connectivity index (χ1n) is 6.33. The van der Waals surface area contributed by atoms with Crippen LogP contribution in [0.3, 0.4) is 0 Å². The summed E-state index contributed by atoms with van der Waals surface area (Å²) in [6, 6.07) is 8.38. The van der Waals surface area contributed by atoms with Crippen molar-refractivity contribution in [1.29, 1.82) is 0 Å². The van der Waals surface area contributed by atoms with E-state index in [1.165, 1.54) is 20.9 Å². The minimum Gasteiger partial charge on any atom is -0.369 e. The number of thiophene rings is 1. The zero-order valence-electron chi connectivity index (χ0n) is 11.4. The zero-order chi connectivity index (χ0) is 13.6. The summed E-state index contributed by atoms with van der Waals surface area (Å²) in [5, 5.41) is 0. The third kappa shape index (κ3) is 2.02. The smallest absolute Gasteiger partial charge is 0.201 e. The summed E-state index contributed by atoms with van der Waals surface area (Å²) in [5.41, 5.74) is 10.7. The van der Waals surface area contributed by atoms with Crippen molar-refractivity contribution in [3.63, 3.8) is 0 Å². The Morgan fingerprint density at radius 1 is 1.21 bits per heavy atom. The third-order valence-electron chi connectivity index (χ3n) is 3.53. The van der Waals surface area contributed by atoms with Gasteiger partial charge in [0, 0.05) is 9.75 Å². The Hall–Kier alpha value is -1.81. The summed E-state index contributed by atoms with van der Waals surface area (Å²) in [6.07, 6.45) is 0. The number of nitrogens with two attached hydrogens (primary N) is 1. The molecule has 0 amide bonds. The van der Waals surface area contributed by atoms with E-state index in [9.17, 15) is 0 Å². The Labute approximate surface area is 116 Å². The molecular weight excluding hydrogens is 254 g/mol. The van der Waals surface area contributed by atoms with E-state index in [4.69, 9.17) is 5.73 Å². The molecule has 2 N–H and O–H groups in total. The lowest BCUT2D eigenvalue weighted by atomic mass is 10.2. The van der Waals surface area contributed by atoms with Crippen LogP contribution in [-0.4, -0.2) is 9.55 Å². The van der Waals surface area contributed by atoms with Gasteiger partial charge in [-0.15, -0.1) is 11.3 Å². The molecule has 4 heteroatoms. The maximum atomic E-state index is 6.07. The molecule has 0 fully saturated rings. The maximum Gasteiger partial charge on any atom is 0.201 e. The molecular formula is C15H17N3S. The topological polar surface area (TPSA) is 43.8 Å². The fourth-order valence-corrected chi connectivity index (χ4v) is 3.47. The lowest BCUT2D eigenvalue weighted by Gasteiger charge is -2.06. The van der Waals surface area contributed by atoms with E-state index in [1.54, 1.807) is 0 Å². The fraction of sp³-hybridized carbons (Fsp3) is 0.267. The number of anilines is 1. The predicted octanol–water partition coefficient (Wildman–Crippen LogP) is 3.65. The second kappa shape index (κ2) is 4.38. The predicted molar refractivity (Wildman–Crippen MR) is 81.8 cm³/mol. The Morgan fingerprint density at radius 2 is 2.00 bits per heavy atom. The summed E-state index contributed by atoms with van der Waals surface area (Å²) in [5.74, 6) is 0.591. The number of rotatable bonds is 2. The molecule has 19 heavy (non-hydrogen) atoms. The Balaban J connectivity index is 2.12. The zero-order valence-corrected chi connectivity index (χ0v) is 12.2. The van der Waals surface area contributed by atoms with Crippen LogP contribution < -0.4 is 5.73 Å². The maximum absolute atomic E-state index is 6.07. The number of imidazole rings is 1. The van der Waals surface area contributed by atoms with Crippen molar-refractivity contribution >= 4 is 28.3 Å². The molecule has 3 rings (SSSR count). The van der Waals surface area contributed by atoms with Gasteiger partial charge < -0.3 is 10.3 Å². The van der Waals surface area contributed by atoms with Gasteiger partial charge in [0.1, 0.15) is 0 Å². The lowest BCUT2D eigenvalue weighted by molar-refractivity contribution is 0.850. The molecule has 0 saturated heterocycles.